The highest BCUT2D eigenvalue weighted by Gasteiger charge is 2.51. The molecule has 3 heterocycles. The summed E-state index contributed by atoms with van der Waals surface area (Å²) in [5.74, 6) is 2.21. The summed E-state index contributed by atoms with van der Waals surface area (Å²) in [5.41, 5.74) is 3.89. The maximum atomic E-state index is 13.4. The summed E-state index contributed by atoms with van der Waals surface area (Å²) in [6.45, 7) is 7.86. The van der Waals surface area contributed by atoms with Crippen LogP contribution in [0.1, 0.15) is 50.6 Å². The largest absolute Gasteiger partial charge is 0.454 e. The van der Waals surface area contributed by atoms with Crippen molar-refractivity contribution in [1.29, 1.82) is 0 Å². The van der Waals surface area contributed by atoms with Gasteiger partial charge in [-0.1, -0.05) is 32.1 Å². The number of ether oxygens (including phenoxy) is 2. The summed E-state index contributed by atoms with van der Waals surface area (Å²) in [4.78, 5) is 15.9. The minimum absolute atomic E-state index is 0.0376. The van der Waals surface area contributed by atoms with E-state index in [0.29, 0.717) is 17.6 Å². The van der Waals surface area contributed by atoms with E-state index in [2.05, 4.69) is 63.7 Å². The van der Waals surface area contributed by atoms with Gasteiger partial charge in [-0.15, -0.1) is 10.2 Å². The SMILES string of the molecule is CC(C)(C)C1Cc2cc(NC(=O)C3(c4ccc5c(c4)OCO5)CC3)ccc2N1CCc1nn[nH]n1. The van der Waals surface area contributed by atoms with E-state index in [1.54, 1.807) is 0 Å². The van der Waals surface area contributed by atoms with Crippen molar-refractivity contribution in [3.05, 3.63) is 53.3 Å². The molecule has 182 valence electrons. The lowest BCUT2D eigenvalue weighted by atomic mass is 9.84. The summed E-state index contributed by atoms with van der Waals surface area (Å²) < 4.78 is 11.0. The van der Waals surface area contributed by atoms with Crippen LogP contribution in [0.15, 0.2) is 36.4 Å². The zero-order valence-electron chi connectivity index (χ0n) is 20.3. The molecule has 1 unspecified atom stereocenters. The number of nitrogens with one attached hydrogen (secondary N) is 2. The van der Waals surface area contributed by atoms with Crippen LogP contribution in [-0.4, -0.2) is 45.9 Å². The van der Waals surface area contributed by atoms with E-state index in [1.165, 1.54) is 11.3 Å². The average molecular weight is 475 g/mol. The molecule has 35 heavy (non-hydrogen) atoms. The Morgan fingerprint density at radius 1 is 1.17 bits per heavy atom. The number of fused-ring (bicyclic) bond motifs is 2. The Morgan fingerprint density at radius 2 is 2.00 bits per heavy atom. The number of tetrazole rings is 1. The number of benzene rings is 2. The fourth-order valence-corrected chi connectivity index (χ4v) is 5.37. The highest BCUT2D eigenvalue weighted by Crippen LogP contribution is 2.51. The van der Waals surface area contributed by atoms with E-state index in [-0.39, 0.29) is 18.1 Å². The molecule has 0 spiro atoms. The van der Waals surface area contributed by atoms with Crippen molar-refractivity contribution in [3.8, 4) is 11.5 Å². The van der Waals surface area contributed by atoms with Gasteiger partial charge >= 0.3 is 0 Å². The monoisotopic (exact) mass is 474 g/mol. The fraction of sp³-hybridized carbons (Fsp3) is 0.462. The molecular weight excluding hydrogens is 444 g/mol. The molecule has 2 aromatic carbocycles. The van der Waals surface area contributed by atoms with Gasteiger partial charge in [0.2, 0.25) is 12.7 Å². The molecule has 2 N–H and O–H groups in total. The number of rotatable bonds is 6. The van der Waals surface area contributed by atoms with Crippen LogP contribution < -0.4 is 19.7 Å². The highest BCUT2D eigenvalue weighted by atomic mass is 16.7. The van der Waals surface area contributed by atoms with E-state index >= 15 is 0 Å². The smallest absolute Gasteiger partial charge is 0.235 e. The summed E-state index contributed by atoms with van der Waals surface area (Å²) in [6, 6.07) is 12.5. The molecule has 0 radical (unpaired) electrons. The first-order valence-corrected chi connectivity index (χ1v) is 12.2. The normalized spacial score (nSPS) is 19.5. The van der Waals surface area contributed by atoms with Gasteiger partial charge < -0.3 is 19.7 Å². The van der Waals surface area contributed by atoms with E-state index in [4.69, 9.17) is 9.47 Å². The van der Waals surface area contributed by atoms with E-state index < -0.39 is 5.41 Å². The van der Waals surface area contributed by atoms with Crippen molar-refractivity contribution in [1.82, 2.24) is 20.6 Å². The van der Waals surface area contributed by atoms with Crippen LogP contribution in [0, 0.1) is 5.41 Å². The topological polar surface area (TPSA) is 105 Å². The van der Waals surface area contributed by atoms with Gasteiger partial charge in [-0.05, 0) is 66.1 Å². The maximum Gasteiger partial charge on any atom is 0.235 e. The van der Waals surface area contributed by atoms with E-state index in [0.717, 1.165) is 49.2 Å². The number of amides is 1. The molecule has 1 aromatic heterocycles. The van der Waals surface area contributed by atoms with E-state index in [1.807, 2.05) is 24.3 Å². The molecule has 1 atom stereocenters. The number of aromatic amines is 1. The van der Waals surface area contributed by atoms with Gasteiger partial charge in [0, 0.05) is 30.4 Å². The first-order valence-electron chi connectivity index (χ1n) is 12.2. The minimum atomic E-state index is -0.495. The molecular formula is C26H30N6O3. The van der Waals surface area contributed by atoms with Crippen molar-refractivity contribution in [2.75, 3.05) is 23.6 Å². The predicted molar refractivity (Wildman–Crippen MR) is 131 cm³/mol. The summed E-state index contributed by atoms with van der Waals surface area (Å²) in [7, 11) is 0. The second-order valence-electron chi connectivity index (χ2n) is 10.8. The third-order valence-corrected chi connectivity index (χ3v) is 7.51. The summed E-state index contributed by atoms with van der Waals surface area (Å²) in [6.07, 6.45) is 3.32. The average Bonchev–Trinajstić information content (AvgIpc) is 3.17. The fourth-order valence-electron chi connectivity index (χ4n) is 5.37. The van der Waals surface area contributed by atoms with Crippen molar-refractivity contribution < 1.29 is 14.3 Å². The van der Waals surface area contributed by atoms with Gasteiger partial charge in [-0.3, -0.25) is 4.79 Å². The molecule has 3 aromatic rings. The standard InChI is InChI=1S/C26H30N6O3/c1-25(2,3)22-13-16-12-18(5-6-19(16)32(22)11-8-23-28-30-31-29-23)27-24(33)26(9-10-26)17-4-7-20-21(14-17)35-15-34-20/h4-7,12,14,22H,8-11,13,15H2,1-3H3,(H,27,33)(H,28,29,30,31). The number of carbonyl (C=O) groups is 1. The maximum absolute atomic E-state index is 13.4. The van der Waals surface area contributed by atoms with Gasteiger partial charge in [0.15, 0.2) is 17.3 Å². The molecule has 6 rings (SSSR count). The van der Waals surface area contributed by atoms with Crippen LogP contribution >= 0.6 is 0 Å². The molecule has 9 heteroatoms. The van der Waals surface area contributed by atoms with Gasteiger partial charge in [0.25, 0.3) is 0 Å². The zero-order valence-corrected chi connectivity index (χ0v) is 20.3. The number of hydrogen-bond acceptors (Lipinski definition) is 7. The van der Waals surface area contributed by atoms with Crippen LogP contribution in [0.2, 0.25) is 0 Å². The highest BCUT2D eigenvalue weighted by molar-refractivity contribution is 6.01. The van der Waals surface area contributed by atoms with Crippen LogP contribution in [0.25, 0.3) is 0 Å². The van der Waals surface area contributed by atoms with Gasteiger partial charge in [-0.25, -0.2) is 0 Å². The van der Waals surface area contributed by atoms with Crippen LogP contribution in [0.3, 0.4) is 0 Å². The molecule has 1 amide bonds. The molecule has 2 aliphatic heterocycles. The molecule has 0 bridgehead atoms. The lowest BCUT2D eigenvalue weighted by molar-refractivity contribution is -0.118. The number of anilines is 2. The Hall–Kier alpha value is -3.62. The van der Waals surface area contributed by atoms with Gasteiger partial charge in [0.05, 0.1) is 5.41 Å². The second kappa shape index (κ2) is 7.96. The Labute approximate surface area is 204 Å². The Balaban J connectivity index is 1.21. The Morgan fingerprint density at radius 3 is 2.74 bits per heavy atom. The van der Waals surface area contributed by atoms with Gasteiger partial charge in [0.1, 0.15) is 0 Å². The third-order valence-electron chi connectivity index (χ3n) is 7.51. The lowest BCUT2D eigenvalue weighted by Gasteiger charge is -2.36. The van der Waals surface area contributed by atoms with E-state index in [9.17, 15) is 4.79 Å². The Kier molecular flexibility index (Phi) is 4.98. The number of carbonyl (C=O) groups excluding carboxylic acids is 1. The predicted octanol–water partition coefficient (Wildman–Crippen LogP) is 3.62. The minimum Gasteiger partial charge on any atom is -0.454 e. The molecule has 3 aliphatic rings. The van der Waals surface area contributed by atoms with Crippen LogP contribution in [-0.2, 0) is 23.1 Å². The Bertz CT molecular complexity index is 1260. The summed E-state index contributed by atoms with van der Waals surface area (Å²) >= 11 is 0. The molecule has 9 nitrogen and oxygen atoms in total. The number of H-pyrrole nitrogens is 1. The number of nitrogens with zero attached hydrogens (tertiary/aromatic N) is 4. The van der Waals surface area contributed by atoms with Crippen LogP contribution in [0.5, 0.6) is 11.5 Å². The van der Waals surface area contributed by atoms with Crippen LogP contribution in [0.4, 0.5) is 11.4 Å². The quantitative estimate of drug-likeness (QED) is 0.562. The summed E-state index contributed by atoms with van der Waals surface area (Å²) in [5, 5.41) is 17.6. The van der Waals surface area contributed by atoms with Crippen molar-refractivity contribution in [3.63, 3.8) is 0 Å². The van der Waals surface area contributed by atoms with Crippen molar-refractivity contribution in [2.45, 2.75) is 57.9 Å². The number of hydrogen-bond donors (Lipinski definition) is 2. The zero-order chi connectivity index (χ0) is 24.2. The number of aromatic nitrogens is 4. The van der Waals surface area contributed by atoms with Crippen molar-refractivity contribution in [2.24, 2.45) is 5.41 Å². The molecule has 1 saturated carbocycles. The third kappa shape index (κ3) is 3.88. The molecule has 1 aliphatic carbocycles. The first-order chi connectivity index (χ1) is 16.8. The van der Waals surface area contributed by atoms with Crippen molar-refractivity contribution >= 4 is 17.3 Å². The second-order valence-corrected chi connectivity index (χ2v) is 10.8. The van der Waals surface area contributed by atoms with Gasteiger partial charge in [-0.2, -0.15) is 5.21 Å². The molecule has 1 fully saturated rings. The first kappa shape index (κ1) is 21.9. The lowest BCUT2D eigenvalue weighted by Crippen LogP contribution is -2.43. The molecule has 0 saturated heterocycles.